The highest BCUT2D eigenvalue weighted by Gasteiger charge is 2.32. The van der Waals surface area contributed by atoms with E-state index in [2.05, 4.69) is 15.0 Å². The number of nitrogens with one attached hydrogen (secondary N) is 1. The van der Waals surface area contributed by atoms with Crippen molar-refractivity contribution in [2.24, 2.45) is 0 Å². The fraction of sp³-hybridized carbons (Fsp3) is 0.379. The maximum Gasteiger partial charge on any atom is 0.407 e. The Morgan fingerprint density at radius 2 is 1.90 bits per heavy atom. The van der Waals surface area contributed by atoms with E-state index in [4.69, 9.17) is 18.6 Å². The van der Waals surface area contributed by atoms with Gasteiger partial charge < -0.3 is 28.7 Å². The van der Waals surface area contributed by atoms with Gasteiger partial charge in [-0.05, 0) is 24.5 Å². The van der Waals surface area contributed by atoms with E-state index in [9.17, 15) is 14.4 Å². The lowest BCUT2D eigenvalue weighted by Gasteiger charge is -2.33. The molecule has 0 bridgehead atoms. The second kappa shape index (κ2) is 15.9. The zero-order chi connectivity index (χ0) is 27.9. The van der Waals surface area contributed by atoms with Crippen LogP contribution in [0.1, 0.15) is 42.8 Å². The van der Waals surface area contributed by atoms with E-state index >= 15 is 0 Å². The van der Waals surface area contributed by atoms with Crippen molar-refractivity contribution in [3.8, 4) is 0 Å². The Labute approximate surface area is 227 Å². The SMILES string of the molecule is COC(=O)C[C@H]1C[C@H](OC(=O)/C=C\CCc2coc(/C=C\CNC(=O)OC)n2)C[C@@H](/C=C/c2ccccc2)O1. The van der Waals surface area contributed by atoms with Crippen molar-refractivity contribution in [3.63, 3.8) is 0 Å². The number of methoxy groups -OCH3 is 2. The highest BCUT2D eigenvalue weighted by atomic mass is 16.6. The van der Waals surface area contributed by atoms with E-state index in [1.54, 1.807) is 24.5 Å². The second-order valence-corrected chi connectivity index (χ2v) is 8.77. The lowest BCUT2D eigenvalue weighted by molar-refractivity contribution is -0.157. The van der Waals surface area contributed by atoms with Gasteiger partial charge in [-0.3, -0.25) is 4.79 Å². The topological polar surface area (TPSA) is 126 Å². The number of alkyl carbamates (subject to hydrolysis) is 1. The number of allylic oxidation sites excluding steroid dienone is 1. The summed E-state index contributed by atoms with van der Waals surface area (Å²) in [7, 11) is 2.63. The van der Waals surface area contributed by atoms with Gasteiger partial charge in [-0.15, -0.1) is 0 Å². The first-order chi connectivity index (χ1) is 18.9. The largest absolute Gasteiger partial charge is 0.469 e. The van der Waals surface area contributed by atoms with Gasteiger partial charge in [0, 0.05) is 25.5 Å². The number of carbonyl (C=O) groups is 3. The number of rotatable bonds is 12. The second-order valence-electron chi connectivity index (χ2n) is 8.77. The van der Waals surface area contributed by atoms with Crippen LogP contribution in [0.3, 0.4) is 0 Å². The third-order valence-electron chi connectivity index (χ3n) is 5.80. The van der Waals surface area contributed by atoms with E-state index in [1.165, 1.54) is 20.3 Å². The number of nitrogens with zero attached hydrogens (tertiary/aromatic N) is 1. The molecule has 0 saturated carbocycles. The number of hydrogen-bond donors (Lipinski definition) is 1. The maximum absolute atomic E-state index is 12.5. The number of aromatic nitrogens is 1. The summed E-state index contributed by atoms with van der Waals surface area (Å²) in [6.07, 6.45) is 12.4. The molecular formula is C29H34N2O8. The Bertz CT molecular complexity index is 1160. The van der Waals surface area contributed by atoms with Crippen LogP contribution in [-0.4, -0.2) is 62.1 Å². The van der Waals surface area contributed by atoms with Gasteiger partial charge in [-0.1, -0.05) is 54.6 Å². The van der Waals surface area contributed by atoms with Crippen molar-refractivity contribution in [1.82, 2.24) is 10.3 Å². The summed E-state index contributed by atoms with van der Waals surface area (Å²) in [6.45, 7) is 0.288. The summed E-state index contributed by atoms with van der Waals surface area (Å²) in [5.41, 5.74) is 1.76. The van der Waals surface area contributed by atoms with Gasteiger partial charge >= 0.3 is 18.0 Å². The van der Waals surface area contributed by atoms with E-state index in [0.717, 1.165) is 11.3 Å². The molecular weight excluding hydrogens is 504 g/mol. The van der Waals surface area contributed by atoms with Crippen LogP contribution in [0.4, 0.5) is 4.79 Å². The zero-order valence-corrected chi connectivity index (χ0v) is 22.1. The molecule has 3 rings (SSSR count). The van der Waals surface area contributed by atoms with Gasteiger partial charge in [-0.25, -0.2) is 14.6 Å². The third kappa shape index (κ3) is 11.0. The number of amides is 1. The van der Waals surface area contributed by atoms with Gasteiger partial charge in [-0.2, -0.15) is 0 Å². The molecule has 10 heteroatoms. The van der Waals surface area contributed by atoms with E-state index < -0.39 is 24.3 Å². The first-order valence-corrected chi connectivity index (χ1v) is 12.7. The van der Waals surface area contributed by atoms with Crippen molar-refractivity contribution >= 4 is 30.2 Å². The summed E-state index contributed by atoms with van der Waals surface area (Å²) in [6, 6.07) is 9.81. The minimum atomic E-state index is -0.518. The third-order valence-corrected chi connectivity index (χ3v) is 5.80. The van der Waals surface area contributed by atoms with Gasteiger partial charge in [0.2, 0.25) is 5.89 Å². The van der Waals surface area contributed by atoms with Crippen LogP contribution in [0.25, 0.3) is 12.2 Å². The lowest BCUT2D eigenvalue weighted by Crippen LogP contribution is -2.38. The lowest BCUT2D eigenvalue weighted by atomic mass is 9.98. The average molecular weight is 539 g/mol. The highest BCUT2D eigenvalue weighted by Crippen LogP contribution is 2.26. The van der Waals surface area contributed by atoms with E-state index in [-0.39, 0.29) is 25.0 Å². The standard InChI is InChI=1S/C29H34N2O8/c1-35-28(33)19-25-18-24(17-23(38-25)15-14-21-9-4-3-5-10-21)39-27(32)13-7-6-11-22-20-37-26(31-22)12-8-16-30-29(34)36-2/h3-5,7-10,12-15,20,23-25H,6,11,16-19H2,1-2H3,(H,30,34)/b12-8-,13-7-,15-14+/t23-,24-,25-/m1/s1. The number of aryl methyl sites for hydroxylation is 1. The zero-order valence-electron chi connectivity index (χ0n) is 22.1. The number of benzene rings is 1. The van der Waals surface area contributed by atoms with Crippen LogP contribution in [0.15, 0.2) is 65.3 Å². The molecule has 0 aliphatic carbocycles. The Balaban J connectivity index is 1.46. The van der Waals surface area contributed by atoms with Gasteiger partial charge in [0.1, 0.15) is 12.4 Å². The molecule has 1 amide bonds. The summed E-state index contributed by atoms with van der Waals surface area (Å²) in [4.78, 5) is 39.6. The fourth-order valence-electron chi connectivity index (χ4n) is 3.91. The molecule has 1 aromatic heterocycles. The highest BCUT2D eigenvalue weighted by molar-refractivity contribution is 5.82. The number of oxazole rings is 1. The van der Waals surface area contributed by atoms with Crippen LogP contribution in [-0.2, 0) is 35.0 Å². The molecule has 208 valence electrons. The smallest absolute Gasteiger partial charge is 0.407 e. The Morgan fingerprint density at radius 1 is 1.08 bits per heavy atom. The van der Waals surface area contributed by atoms with E-state index in [1.807, 2.05) is 42.5 Å². The molecule has 1 aliphatic rings. The first kappa shape index (κ1) is 29.4. The molecule has 0 unspecified atom stereocenters. The Morgan fingerprint density at radius 3 is 2.67 bits per heavy atom. The molecule has 2 aromatic rings. The van der Waals surface area contributed by atoms with Gasteiger partial charge in [0.25, 0.3) is 0 Å². The van der Waals surface area contributed by atoms with Gasteiger partial charge in [0.05, 0.1) is 38.5 Å². The van der Waals surface area contributed by atoms with Crippen LogP contribution in [0.5, 0.6) is 0 Å². The van der Waals surface area contributed by atoms with Crippen molar-refractivity contribution in [2.45, 2.75) is 50.4 Å². The first-order valence-electron chi connectivity index (χ1n) is 12.7. The predicted octanol–water partition coefficient (Wildman–Crippen LogP) is 4.27. The average Bonchev–Trinajstić information content (AvgIpc) is 3.40. The van der Waals surface area contributed by atoms with Crippen LogP contribution in [0.2, 0.25) is 0 Å². The number of carbonyl (C=O) groups excluding carboxylic acids is 3. The molecule has 10 nitrogen and oxygen atoms in total. The number of hydrogen-bond acceptors (Lipinski definition) is 9. The minimum absolute atomic E-state index is 0.0900. The fourth-order valence-corrected chi connectivity index (χ4v) is 3.91. The molecule has 39 heavy (non-hydrogen) atoms. The molecule has 0 spiro atoms. The minimum Gasteiger partial charge on any atom is -0.469 e. The monoisotopic (exact) mass is 538 g/mol. The quantitative estimate of drug-likeness (QED) is 0.239. The van der Waals surface area contributed by atoms with Crippen LogP contribution < -0.4 is 5.32 Å². The molecule has 1 saturated heterocycles. The number of ether oxygens (including phenoxy) is 4. The summed E-state index contributed by atoms with van der Waals surface area (Å²) < 4.78 is 26.4. The van der Waals surface area contributed by atoms with E-state index in [0.29, 0.717) is 31.6 Å². The van der Waals surface area contributed by atoms with Crippen molar-refractivity contribution < 1.29 is 37.7 Å². The van der Waals surface area contributed by atoms with Crippen molar-refractivity contribution in [1.29, 1.82) is 0 Å². The molecule has 1 aromatic carbocycles. The Hall–Kier alpha value is -4.18. The normalized spacial score (nSPS) is 19.4. The number of esters is 2. The molecule has 3 atom stereocenters. The molecule has 1 fully saturated rings. The van der Waals surface area contributed by atoms with Crippen molar-refractivity contribution in [3.05, 3.63) is 78.0 Å². The van der Waals surface area contributed by atoms with Crippen molar-refractivity contribution in [2.75, 3.05) is 20.8 Å². The summed E-state index contributed by atoms with van der Waals surface area (Å²) in [5.74, 6) is -0.412. The van der Waals surface area contributed by atoms with Gasteiger partial charge in [0.15, 0.2) is 0 Å². The molecule has 1 N–H and O–H groups in total. The van der Waals surface area contributed by atoms with Crippen LogP contribution in [0, 0.1) is 0 Å². The molecule has 0 radical (unpaired) electrons. The molecule has 1 aliphatic heterocycles. The predicted molar refractivity (Wildman–Crippen MR) is 143 cm³/mol. The summed E-state index contributed by atoms with van der Waals surface area (Å²) in [5, 5.41) is 2.52. The Kier molecular flexibility index (Phi) is 12.0. The van der Waals surface area contributed by atoms with Crippen LogP contribution >= 0.6 is 0 Å². The molecule has 2 heterocycles. The summed E-state index contributed by atoms with van der Waals surface area (Å²) >= 11 is 0. The maximum atomic E-state index is 12.5.